The highest BCUT2D eigenvalue weighted by Gasteiger charge is 2.20. The van der Waals surface area contributed by atoms with Gasteiger partial charge >= 0.3 is 0 Å². The van der Waals surface area contributed by atoms with Crippen LogP contribution in [0.3, 0.4) is 0 Å². The van der Waals surface area contributed by atoms with Gasteiger partial charge in [0.15, 0.2) is 0 Å². The number of hydrogen-bond donors (Lipinski definition) is 0. The van der Waals surface area contributed by atoms with Gasteiger partial charge in [0, 0.05) is 0 Å². The van der Waals surface area contributed by atoms with Crippen LogP contribution in [-0.4, -0.2) is 0 Å². The molecule has 0 bridgehead atoms. The highest BCUT2D eigenvalue weighted by atomic mass is 14.2. The molecule has 0 saturated carbocycles. The first-order valence-electron chi connectivity index (χ1n) is 6.44. The van der Waals surface area contributed by atoms with Crippen LogP contribution in [0.15, 0.2) is 42.5 Å². The monoisotopic (exact) mass is 222 g/mol. The van der Waals surface area contributed by atoms with Gasteiger partial charge in [0.05, 0.1) is 0 Å². The van der Waals surface area contributed by atoms with Crippen LogP contribution in [0.4, 0.5) is 0 Å². The van der Waals surface area contributed by atoms with E-state index >= 15 is 0 Å². The zero-order valence-electron chi connectivity index (χ0n) is 10.5. The zero-order chi connectivity index (χ0) is 11.8. The third-order valence-electron chi connectivity index (χ3n) is 3.58. The normalized spacial score (nSPS) is 12.6. The Morgan fingerprint density at radius 1 is 0.941 bits per heavy atom. The quantitative estimate of drug-likeness (QED) is 0.600. The summed E-state index contributed by atoms with van der Waals surface area (Å²) in [5, 5.41) is 0. The molecule has 0 amide bonds. The standard InChI is InChI=1S/C17H18/c1-12(2)10-13-7-5-9-16-15-8-4-3-6-14(15)11-17(13)16/h3-9,12H,10-11H2,1-2H3. The number of benzene rings is 2. The molecular weight excluding hydrogens is 204 g/mol. The molecule has 1 aliphatic carbocycles. The van der Waals surface area contributed by atoms with Gasteiger partial charge in [-0.1, -0.05) is 56.3 Å². The van der Waals surface area contributed by atoms with Crippen molar-refractivity contribution in [3.8, 4) is 11.1 Å². The van der Waals surface area contributed by atoms with E-state index in [1.807, 2.05) is 0 Å². The fourth-order valence-electron chi connectivity index (χ4n) is 2.85. The van der Waals surface area contributed by atoms with Crippen molar-refractivity contribution in [3.05, 3.63) is 59.2 Å². The van der Waals surface area contributed by atoms with Crippen molar-refractivity contribution in [1.82, 2.24) is 0 Å². The Hall–Kier alpha value is -1.56. The Labute approximate surface area is 103 Å². The van der Waals surface area contributed by atoms with E-state index in [0.29, 0.717) is 0 Å². The molecule has 0 aliphatic heterocycles. The second-order valence-electron chi connectivity index (χ2n) is 5.38. The molecule has 2 aromatic rings. The molecule has 0 nitrogen and oxygen atoms in total. The van der Waals surface area contributed by atoms with Crippen molar-refractivity contribution >= 4 is 0 Å². The maximum atomic E-state index is 2.30. The summed E-state index contributed by atoms with van der Waals surface area (Å²) in [6.45, 7) is 4.59. The van der Waals surface area contributed by atoms with E-state index in [4.69, 9.17) is 0 Å². The van der Waals surface area contributed by atoms with Crippen LogP contribution in [0.25, 0.3) is 11.1 Å². The summed E-state index contributed by atoms with van der Waals surface area (Å²) >= 11 is 0. The second-order valence-corrected chi connectivity index (χ2v) is 5.38. The van der Waals surface area contributed by atoms with Crippen molar-refractivity contribution in [2.75, 3.05) is 0 Å². The average molecular weight is 222 g/mol. The van der Waals surface area contributed by atoms with Crippen molar-refractivity contribution in [2.45, 2.75) is 26.7 Å². The molecule has 0 aromatic heterocycles. The minimum atomic E-state index is 0.727. The van der Waals surface area contributed by atoms with E-state index in [1.165, 1.54) is 28.7 Å². The van der Waals surface area contributed by atoms with Crippen molar-refractivity contribution < 1.29 is 0 Å². The van der Waals surface area contributed by atoms with Crippen LogP contribution in [-0.2, 0) is 12.8 Å². The van der Waals surface area contributed by atoms with Gasteiger partial charge in [-0.05, 0) is 46.6 Å². The molecule has 0 heteroatoms. The predicted octanol–water partition coefficient (Wildman–Crippen LogP) is 4.46. The van der Waals surface area contributed by atoms with Crippen LogP contribution in [0.5, 0.6) is 0 Å². The summed E-state index contributed by atoms with van der Waals surface area (Å²) in [6, 6.07) is 15.6. The van der Waals surface area contributed by atoms with Crippen LogP contribution in [0.1, 0.15) is 30.5 Å². The van der Waals surface area contributed by atoms with Gasteiger partial charge in [0.2, 0.25) is 0 Å². The lowest BCUT2D eigenvalue weighted by Gasteiger charge is -2.10. The lowest BCUT2D eigenvalue weighted by atomic mass is 9.95. The molecule has 0 N–H and O–H groups in total. The molecule has 17 heavy (non-hydrogen) atoms. The Bertz CT molecular complexity index is 550. The Morgan fingerprint density at radius 2 is 1.71 bits per heavy atom. The third kappa shape index (κ3) is 1.78. The number of hydrogen-bond acceptors (Lipinski definition) is 0. The van der Waals surface area contributed by atoms with E-state index in [-0.39, 0.29) is 0 Å². The molecule has 0 heterocycles. The summed E-state index contributed by atoms with van der Waals surface area (Å²) in [5.41, 5.74) is 7.47. The van der Waals surface area contributed by atoms with E-state index in [1.54, 1.807) is 5.56 Å². The van der Waals surface area contributed by atoms with Gasteiger partial charge in [-0.25, -0.2) is 0 Å². The SMILES string of the molecule is CC(C)Cc1cccc2c1Cc1ccccc1-2. The number of rotatable bonds is 2. The summed E-state index contributed by atoms with van der Waals surface area (Å²) in [7, 11) is 0. The molecular formula is C17H18. The summed E-state index contributed by atoms with van der Waals surface area (Å²) in [6.07, 6.45) is 2.31. The van der Waals surface area contributed by atoms with Gasteiger partial charge in [-0.15, -0.1) is 0 Å². The largest absolute Gasteiger partial charge is 0.0625 e. The summed E-state index contributed by atoms with van der Waals surface area (Å²) in [5.74, 6) is 0.727. The molecule has 0 atom stereocenters. The highest BCUT2D eigenvalue weighted by Crippen LogP contribution is 2.38. The third-order valence-corrected chi connectivity index (χ3v) is 3.58. The fourth-order valence-corrected chi connectivity index (χ4v) is 2.85. The molecule has 0 fully saturated rings. The molecule has 3 rings (SSSR count). The Morgan fingerprint density at radius 3 is 2.53 bits per heavy atom. The van der Waals surface area contributed by atoms with Gasteiger partial charge < -0.3 is 0 Å². The lowest BCUT2D eigenvalue weighted by molar-refractivity contribution is 0.644. The minimum absolute atomic E-state index is 0.727. The van der Waals surface area contributed by atoms with Gasteiger partial charge in [-0.2, -0.15) is 0 Å². The smallest absolute Gasteiger partial charge is 0.00107 e. The van der Waals surface area contributed by atoms with Gasteiger partial charge in [0.1, 0.15) is 0 Å². The Balaban J connectivity index is 2.11. The van der Waals surface area contributed by atoms with Crippen molar-refractivity contribution in [2.24, 2.45) is 5.92 Å². The molecule has 0 unspecified atom stereocenters. The first-order valence-corrected chi connectivity index (χ1v) is 6.44. The van der Waals surface area contributed by atoms with Crippen molar-refractivity contribution in [1.29, 1.82) is 0 Å². The summed E-state index contributed by atoms with van der Waals surface area (Å²) in [4.78, 5) is 0. The first-order chi connectivity index (χ1) is 8.25. The molecule has 86 valence electrons. The highest BCUT2D eigenvalue weighted by molar-refractivity contribution is 5.77. The van der Waals surface area contributed by atoms with Crippen LogP contribution >= 0.6 is 0 Å². The van der Waals surface area contributed by atoms with Crippen LogP contribution in [0.2, 0.25) is 0 Å². The summed E-state index contributed by atoms with van der Waals surface area (Å²) < 4.78 is 0. The van der Waals surface area contributed by atoms with E-state index in [0.717, 1.165) is 12.3 Å². The van der Waals surface area contributed by atoms with E-state index < -0.39 is 0 Å². The minimum Gasteiger partial charge on any atom is -0.0625 e. The van der Waals surface area contributed by atoms with Crippen molar-refractivity contribution in [3.63, 3.8) is 0 Å². The topological polar surface area (TPSA) is 0 Å². The van der Waals surface area contributed by atoms with Crippen LogP contribution in [0, 0.1) is 5.92 Å². The molecule has 0 spiro atoms. The maximum absolute atomic E-state index is 2.30. The fraction of sp³-hybridized carbons (Fsp3) is 0.294. The average Bonchev–Trinajstić information content (AvgIpc) is 2.68. The van der Waals surface area contributed by atoms with Gasteiger partial charge in [0.25, 0.3) is 0 Å². The van der Waals surface area contributed by atoms with E-state index in [2.05, 4.69) is 56.3 Å². The van der Waals surface area contributed by atoms with Gasteiger partial charge in [-0.3, -0.25) is 0 Å². The molecule has 0 radical (unpaired) electrons. The predicted molar refractivity (Wildman–Crippen MR) is 73.2 cm³/mol. The molecule has 1 aliphatic rings. The zero-order valence-corrected chi connectivity index (χ0v) is 10.5. The van der Waals surface area contributed by atoms with Crippen LogP contribution < -0.4 is 0 Å². The second kappa shape index (κ2) is 4.03. The maximum Gasteiger partial charge on any atom is -0.00107 e. The number of fused-ring (bicyclic) bond motifs is 3. The molecule has 0 saturated heterocycles. The first kappa shape index (κ1) is 10.6. The Kier molecular flexibility index (Phi) is 2.51. The van der Waals surface area contributed by atoms with E-state index in [9.17, 15) is 0 Å². The lowest BCUT2D eigenvalue weighted by Crippen LogP contribution is -1.98. The molecule has 2 aromatic carbocycles.